The minimum Gasteiger partial charge on any atom is -0.384 e. The molecule has 8 heteroatoms. The first-order chi connectivity index (χ1) is 9.46. The van der Waals surface area contributed by atoms with Crippen LogP contribution in [-0.2, 0) is 11.3 Å². The van der Waals surface area contributed by atoms with Crippen molar-refractivity contribution in [2.75, 3.05) is 0 Å². The molecule has 1 aromatic rings. The van der Waals surface area contributed by atoms with E-state index in [-0.39, 0.29) is 23.0 Å². The lowest BCUT2D eigenvalue weighted by Crippen LogP contribution is -2.46. The van der Waals surface area contributed by atoms with Gasteiger partial charge in [-0.25, -0.2) is 0 Å². The molecule has 0 heterocycles. The van der Waals surface area contributed by atoms with Gasteiger partial charge in [0.25, 0.3) is 0 Å². The molecule has 0 atom stereocenters. The van der Waals surface area contributed by atoms with Gasteiger partial charge in [0.15, 0.2) is 0 Å². The van der Waals surface area contributed by atoms with Crippen LogP contribution in [0.2, 0.25) is 5.02 Å². The van der Waals surface area contributed by atoms with Gasteiger partial charge in [0, 0.05) is 12.1 Å². The molecule has 1 amide bonds. The number of alkyl halides is 3. The summed E-state index contributed by atoms with van der Waals surface area (Å²) in [7, 11) is 0. The van der Waals surface area contributed by atoms with Crippen molar-refractivity contribution in [3.8, 4) is 0 Å². The van der Waals surface area contributed by atoms with Gasteiger partial charge in [-0.2, -0.15) is 13.2 Å². The Morgan fingerprint density at radius 2 is 1.95 bits per heavy atom. The molecule has 21 heavy (non-hydrogen) atoms. The normalized spacial score (nSPS) is 12.1. The molecule has 0 aliphatic heterocycles. The maximum absolute atomic E-state index is 12.7. The van der Waals surface area contributed by atoms with Crippen LogP contribution in [0.15, 0.2) is 18.2 Å². The number of amidine groups is 1. The smallest absolute Gasteiger partial charge is 0.384 e. The van der Waals surface area contributed by atoms with Crippen LogP contribution in [0.5, 0.6) is 0 Å². The second kappa shape index (κ2) is 5.93. The van der Waals surface area contributed by atoms with Crippen molar-refractivity contribution in [3.63, 3.8) is 0 Å². The van der Waals surface area contributed by atoms with Crippen LogP contribution >= 0.6 is 11.6 Å². The van der Waals surface area contributed by atoms with E-state index in [1.165, 1.54) is 18.2 Å². The fourth-order valence-corrected chi connectivity index (χ4v) is 1.64. The first-order valence-electron chi connectivity index (χ1n) is 5.94. The zero-order valence-corrected chi connectivity index (χ0v) is 12.2. The largest absolute Gasteiger partial charge is 0.402 e. The monoisotopic (exact) mass is 321 g/mol. The molecule has 1 aromatic carbocycles. The number of halogens is 4. The summed E-state index contributed by atoms with van der Waals surface area (Å²) in [4.78, 5) is 11.6. The Labute approximate surface area is 125 Å². The zero-order valence-electron chi connectivity index (χ0n) is 11.4. The van der Waals surface area contributed by atoms with Crippen LogP contribution in [0, 0.1) is 10.8 Å². The van der Waals surface area contributed by atoms with Gasteiger partial charge < -0.3 is 11.1 Å². The number of hydrogen-bond acceptors (Lipinski definition) is 2. The predicted octanol–water partition coefficient (Wildman–Crippen LogP) is 2.83. The molecule has 0 unspecified atom stereocenters. The van der Waals surface area contributed by atoms with Gasteiger partial charge in [0.1, 0.15) is 11.3 Å². The average molecular weight is 322 g/mol. The molecule has 116 valence electrons. The number of nitrogens with one attached hydrogen (secondary N) is 2. The van der Waals surface area contributed by atoms with Gasteiger partial charge in [-0.3, -0.25) is 10.2 Å². The van der Waals surface area contributed by atoms with E-state index >= 15 is 0 Å². The van der Waals surface area contributed by atoms with Gasteiger partial charge in [-0.15, -0.1) is 0 Å². The highest BCUT2D eigenvalue weighted by Crippen LogP contribution is 2.37. The maximum atomic E-state index is 12.7. The SMILES string of the molecule is CC(C)(C(=O)NCc1ccc(Cl)c(C(=N)N)c1)C(F)(F)F. The minimum atomic E-state index is -4.64. The quantitative estimate of drug-likeness (QED) is 0.589. The lowest BCUT2D eigenvalue weighted by atomic mass is 9.91. The first-order valence-corrected chi connectivity index (χ1v) is 6.32. The fraction of sp³-hybridized carbons (Fsp3) is 0.385. The van der Waals surface area contributed by atoms with Crippen molar-refractivity contribution >= 4 is 23.3 Å². The van der Waals surface area contributed by atoms with Gasteiger partial charge in [-0.05, 0) is 31.5 Å². The third-order valence-electron chi connectivity index (χ3n) is 3.05. The summed E-state index contributed by atoms with van der Waals surface area (Å²) >= 11 is 5.83. The summed E-state index contributed by atoms with van der Waals surface area (Å²) < 4.78 is 38.1. The molecule has 0 radical (unpaired) electrons. The standard InChI is InChI=1S/C13H15ClF3N3O/c1-12(2,13(15,16)17)11(21)20-6-7-3-4-9(14)8(5-7)10(18)19/h3-5H,6H2,1-2H3,(H3,18,19)(H,20,21). The number of benzene rings is 1. The summed E-state index contributed by atoms with van der Waals surface area (Å²) in [5.41, 5.74) is 3.60. The second-order valence-corrected chi connectivity index (χ2v) is 5.44. The Morgan fingerprint density at radius 3 is 2.43 bits per heavy atom. The third-order valence-corrected chi connectivity index (χ3v) is 3.38. The molecule has 0 saturated carbocycles. The Balaban J connectivity index is 2.83. The van der Waals surface area contributed by atoms with Gasteiger partial charge in [-0.1, -0.05) is 17.7 Å². The summed E-state index contributed by atoms with van der Waals surface area (Å²) in [6.45, 7) is 1.51. The molecule has 0 bridgehead atoms. The second-order valence-electron chi connectivity index (χ2n) is 5.03. The lowest BCUT2D eigenvalue weighted by Gasteiger charge is -2.26. The molecule has 4 nitrogen and oxygen atoms in total. The average Bonchev–Trinajstić information content (AvgIpc) is 2.35. The first kappa shape index (κ1) is 17.3. The Bertz CT molecular complexity index is 570. The van der Waals surface area contributed by atoms with Crippen LogP contribution in [-0.4, -0.2) is 17.9 Å². The molecule has 0 aromatic heterocycles. The Kier molecular flexibility index (Phi) is 4.88. The van der Waals surface area contributed by atoms with E-state index in [1.807, 2.05) is 0 Å². The maximum Gasteiger partial charge on any atom is 0.402 e. The van der Waals surface area contributed by atoms with E-state index in [4.69, 9.17) is 22.7 Å². The van der Waals surface area contributed by atoms with E-state index in [9.17, 15) is 18.0 Å². The molecule has 0 spiro atoms. The zero-order chi connectivity index (χ0) is 16.4. The number of carbonyl (C=O) groups excluding carboxylic acids is 1. The topological polar surface area (TPSA) is 79.0 Å². The lowest BCUT2D eigenvalue weighted by molar-refractivity contribution is -0.211. The van der Waals surface area contributed by atoms with Gasteiger partial charge in [0.2, 0.25) is 5.91 Å². The van der Waals surface area contributed by atoms with E-state index in [0.717, 1.165) is 13.8 Å². The highest BCUT2D eigenvalue weighted by atomic mass is 35.5. The van der Waals surface area contributed by atoms with Crippen LogP contribution in [0.1, 0.15) is 25.0 Å². The summed E-state index contributed by atoms with van der Waals surface area (Å²) in [5, 5.41) is 9.80. The van der Waals surface area contributed by atoms with Gasteiger partial charge in [0.05, 0.1) is 5.02 Å². The van der Waals surface area contributed by atoms with Crippen molar-refractivity contribution in [2.24, 2.45) is 11.1 Å². The molecule has 0 aliphatic carbocycles. The van der Waals surface area contributed by atoms with Crippen LogP contribution < -0.4 is 11.1 Å². The van der Waals surface area contributed by atoms with Crippen molar-refractivity contribution in [1.29, 1.82) is 5.41 Å². The van der Waals surface area contributed by atoms with E-state index in [1.54, 1.807) is 0 Å². The number of carbonyl (C=O) groups is 1. The van der Waals surface area contributed by atoms with E-state index in [0.29, 0.717) is 5.56 Å². The third kappa shape index (κ3) is 3.87. The minimum absolute atomic E-state index is 0.115. The predicted molar refractivity (Wildman–Crippen MR) is 74.2 cm³/mol. The number of amides is 1. The van der Waals surface area contributed by atoms with Crippen LogP contribution in [0.3, 0.4) is 0 Å². The summed E-state index contributed by atoms with van der Waals surface area (Å²) in [6.07, 6.45) is -4.64. The van der Waals surface area contributed by atoms with Crippen molar-refractivity contribution in [1.82, 2.24) is 5.32 Å². The molecule has 0 saturated heterocycles. The number of rotatable bonds is 4. The number of hydrogen-bond donors (Lipinski definition) is 3. The van der Waals surface area contributed by atoms with Crippen molar-refractivity contribution < 1.29 is 18.0 Å². The highest BCUT2D eigenvalue weighted by Gasteiger charge is 2.52. The van der Waals surface area contributed by atoms with Gasteiger partial charge >= 0.3 is 6.18 Å². The molecule has 0 fully saturated rings. The van der Waals surface area contributed by atoms with E-state index in [2.05, 4.69) is 5.32 Å². The Hall–Kier alpha value is -1.76. The van der Waals surface area contributed by atoms with Crippen LogP contribution in [0.4, 0.5) is 13.2 Å². The molecular formula is C13H15ClF3N3O. The van der Waals surface area contributed by atoms with Crippen molar-refractivity contribution in [3.05, 3.63) is 34.3 Å². The van der Waals surface area contributed by atoms with Crippen LogP contribution in [0.25, 0.3) is 0 Å². The summed E-state index contributed by atoms with van der Waals surface area (Å²) in [6, 6.07) is 4.45. The number of nitrogen functional groups attached to an aromatic ring is 1. The molecular weight excluding hydrogens is 307 g/mol. The molecule has 4 N–H and O–H groups in total. The summed E-state index contributed by atoms with van der Waals surface area (Å²) in [5.74, 6) is -1.39. The molecule has 1 rings (SSSR count). The Morgan fingerprint density at radius 1 is 1.38 bits per heavy atom. The fourth-order valence-electron chi connectivity index (χ4n) is 1.42. The molecule has 0 aliphatic rings. The van der Waals surface area contributed by atoms with E-state index < -0.39 is 17.5 Å². The number of nitrogens with two attached hydrogens (primary N) is 1. The van der Waals surface area contributed by atoms with Crippen molar-refractivity contribution in [2.45, 2.75) is 26.6 Å². The highest BCUT2D eigenvalue weighted by molar-refractivity contribution is 6.33.